The van der Waals surface area contributed by atoms with Crippen molar-refractivity contribution in [1.82, 2.24) is 9.88 Å². The lowest BCUT2D eigenvalue weighted by Gasteiger charge is -2.47. The van der Waals surface area contributed by atoms with Crippen molar-refractivity contribution in [1.29, 1.82) is 0 Å². The van der Waals surface area contributed by atoms with Gasteiger partial charge in [0, 0.05) is 41.4 Å². The molecule has 0 N–H and O–H groups in total. The highest BCUT2D eigenvalue weighted by atomic mass is 32.2. The zero-order chi connectivity index (χ0) is 15.7. The van der Waals surface area contributed by atoms with Gasteiger partial charge in [-0.1, -0.05) is 6.07 Å². The summed E-state index contributed by atoms with van der Waals surface area (Å²) in [6.45, 7) is 5.96. The average molecular weight is 330 g/mol. The minimum atomic E-state index is 0.360. The maximum absolute atomic E-state index is 6.10. The van der Waals surface area contributed by atoms with Gasteiger partial charge in [-0.15, -0.1) is 11.8 Å². The molecule has 122 valence electrons. The molecule has 1 spiro atoms. The largest absolute Gasteiger partial charge is 0.472 e. The summed E-state index contributed by atoms with van der Waals surface area (Å²) in [5.41, 5.74) is 3.35. The van der Waals surface area contributed by atoms with Crippen molar-refractivity contribution < 1.29 is 9.15 Å². The minimum absolute atomic E-state index is 0.360. The lowest BCUT2D eigenvalue weighted by Crippen LogP contribution is -2.58. The molecule has 0 radical (unpaired) electrons. The third-order valence-electron chi connectivity index (χ3n) is 4.60. The highest BCUT2D eigenvalue weighted by molar-refractivity contribution is 8.01. The van der Waals surface area contributed by atoms with E-state index in [2.05, 4.69) is 21.6 Å². The zero-order valence-corrected chi connectivity index (χ0v) is 14.2. The second-order valence-corrected chi connectivity index (χ2v) is 8.17. The number of hydrogen-bond donors (Lipinski definition) is 0. The number of pyridine rings is 1. The fourth-order valence-corrected chi connectivity index (χ4v) is 5.14. The van der Waals surface area contributed by atoms with Crippen LogP contribution in [0.4, 0.5) is 0 Å². The molecule has 23 heavy (non-hydrogen) atoms. The number of hydrogen-bond acceptors (Lipinski definition) is 5. The molecule has 0 aliphatic carbocycles. The number of aromatic nitrogens is 1. The first-order chi connectivity index (χ1) is 11.2. The Labute approximate surface area is 141 Å². The molecule has 0 unspecified atom stereocenters. The molecule has 1 atom stereocenters. The lowest BCUT2D eigenvalue weighted by atomic mass is 9.92. The molecule has 2 aromatic rings. The van der Waals surface area contributed by atoms with Gasteiger partial charge in [0.05, 0.1) is 30.9 Å². The molecule has 2 saturated heterocycles. The van der Waals surface area contributed by atoms with E-state index in [1.165, 1.54) is 5.56 Å². The monoisotopic (exact) mass is 330 g/mol. The smallest absolute Gasteiger partial charge is 0.0947 e. The van der Waals surface area contributed by atoms with Gasteiger partial charge >= 0.3 is 0 Å². The summed E-state index contributed by atoms with van der Waals surface area (Å²) < 4.78 is 11.7. The Balaban J connectivity index is 1.24. The molecule has 2 aliphatic rings. The molecule has 2 aliphatic heterocycles. The van der Waals surface area contributed by atoms with Crippen LogP contribution in [0.1, 0.15) is 23.4 Å². The van der Waals surface area contributed by atoms with Gasteiger partial charge in [-0.3, -0.25) is 9.88 Å². The number of nitrogens with zero attached hydrogens (tertiary/aromatic N) is 2. The van der Waals surface area contributed by atoms with Crippen molar-refractivity contribution in [2.45, 2.75) is 37.3 Å². The molecule has 4 nitrogen and oxygen atoms in total. The number of furan rings is 1. The lowest BCUT2D eigenvalue weighted by molar-refractivity contribution is 0.0250. The van der Waals surface area contributed by atoms with E-state index in [1.807, 2.05) is 37.5 Å². The molecule has 2 fully saturated rings. The first-order valence-corrected chi connectivity index (χ1v) is 9.11. The van der Waals surface area contributed by atoms with Crippen LogP contribution < -0.4 is 0 Å². The molecule has 2 aromatic heterocycles. The predicted octanol–water partition coefficient (Wildman–Crippen LogP) is 3.26. The molecule has 4 heterocycles. The third kappa shape index (κ3) is 3.47. The van der Waals surface area contributed by atoms with Gasteiger partial charge in [-0.25, -0.2) is 0 Å². The highest BCUT2D eigenvalue weighted by Gasteiger charge is 2.49. The van der Waals surface area contributed by atoms with Gasteiger partial charge in [0.2, 0.25) is 0 Å². The summed E-state index contributed by atoms with van der Waals surface area (Å²) >= 11 is 2.08. The van der Waals surface area contributed by atoms with Gasteiger partial charge < -0.3 is 9.15 Å². The fourth-order valence-electron chi connectivity index (χ4n) is 3.53. The topological polar surface area (TPSA) is 38.5 Å². The van der Waals surface area contributed by atoms with Crippen LogP contribution in [0.5, 0.6) is 0 Å². The Morgan fingerprint density at radius 1 is 1.39 bits per heavy atom. The summed E-state index contributed by atoms with van der Waals surface area (Å²) in [4.78, 5) is 7.00. The summed E-state index contributed by atoms with van der Waals surface area (Å²) in [6, 6.07) is 8.16. The van der Waals surface area contributed by atoms with Crippen molar-refractivity contribution in [3.8, 4) is 0 Å². The molecule has 0 amide bonds. The van der Waals surface area contributed by atoms with Gasteiger partial charge in [0.1, 0.15) is 0 Å². The quantitative estimate of drug-likeness (QED) is 0.841. The van der Waals surface area contributed by atoms with Crippen LogP contribution in [0.2, 0.25) is 0 Å². The first kappa shape index (κ1) is 15.2. The van der Waals surface area contributed by atoms with Crippen molar-refractivity contribution in [2.24, 2.45) is 0 Å². The van der Waals surface area contributed by atoms with E-state index >= 15 is 0 Å². The Morgan fingerprint density at radius 2 is 2.30 bits per heavy atom. The van der Waals surface area contributed by atoms with Crippen LogP contribution in [0.3, 0.4) is 0 Å². The molecule has 0 aromatic carbocycles. The van der Waals surface area contributed by atoms with Crippen molar-refractivity contribution in [3.05, 3.63) is 53.7 Å². The van der Waals surface area contributed by atoms with Gasteiger partial charge in [0.15, 0.2) is 0 Å². The van der Waals surface area contributed by atoms with Crippen LogP contribution in [-0.4, -0.2) is 39.6 Å². The van der Waals surface area contributed by atoms with Crippen molar-refractivity contribution >= 4 is 11.8 Å². The Kier molecular flexibility index (Phi) is 4.18. The van der Waals surface area contributed by atoms with Gasteiger partial charge in [-0.2, -0.15) is 0 Å². The Bertz CT molecular complexity index is 653. The second-order valence-electron chi connectivity index (χ2n) is 6.68. The fraction of sp³-hybridized carbons (Fsp3) is 0.500. The van der Waals surface area contributed by atoms with E-state index < -0.39 is 0 Å². The highest BCUT2D eigenvalue weighted by Crippen LogP contribution is 2.46. The van der Waals surface area contributed by atoms with Crippen LogP contribution in [-0.2, 0) is 17.9 Å². The Morgan fingerprint density at radius 3 is 3.09 bits per heavy atom. The van der Waals surface area contributed by atoms with Gasteiger partial charge in [0.25, 0.3) is 0 Å². The van der Waals surface area contributed by atoms with Crippen molar-refractivity contribution in [3.63, 3.8) is 0 Å². The summed E-state index contributed by atoms with van der Waals surface area (Å²) in [6.07, 6.45) is 5.11. The van der Waals surface area contributed by atoms with E-state index in [0.29, 0.717) is 17.5 Å². The van der Waals surface area contributed by atoms with Crippen LogP contribution in [0.15, 0.2) is 41.2 Å². The zero-order valence-electron chi connectivity index (χ0n) is 13.4. The molecule has 0 saturated carbocycles. The molecule has 5 heteroatoms. The SMILES string of the molecule is Cc1cccc(CO[C@@H]2CSC3(C2)CN(Cc2ccoc2)C3)n1. The van der Waals surface area contributed by atoms with Crippen LogP contribution >= 0.6 is 11.8 Å². The van der Waals surface area contributed by atoms with E-state index in [9.17, 15) is 0 Å². The van der Waals surface area contributed by atoms with E-state index in [0.717, 1.165) is 43.2 Å². The van der Waals surface area contributed by atoms with E-state index in [-0.39, 0.29) is 0 Å². The number of rotatable bonds is 5. The maximum Gasteiger partial charge on any atom is 0.0947 e. The van der Waals surface area contributed by atoms with Gasteiger partial charge in [-0.05, 0) is 31.5 Å². The average Bonchev–Trinajstić information content (AvgIpc) is 3.15. The number of likely N-dealkylation sites (tertiary alicyclic amines) is 1. The van der Waals surface area contributed by atoms with Crippen LogP contribution in [0.25, 0.3) is 0 Å². The predicted molar refractivity (Wildman–Crippen MR) is 91.3 cm³/mol. The molecular formula is C18H22N2O2S. The minimum Gasteiger partial charge on any atom is -0.472 e. The normalized spacial score (nSPS) is 23.3. The van der Waals surface area contributed by atoms with E-state index in [4.69, 9.17) is 9.15 Å². The molecule has 0 bridgehead atoms. The number of thioether (sulfide) groups is 1. The maximum atomic E-state index is 6.10. The summed E-state index contributed by atoms with van der Waals surface area (Å²) in [5, 5.41) is 0. The number of ether oxygens (including phenoxy) is 1. The third-order valence-corrected chi connectivity index (χ3v) is 6.17. The second kappa shape index (κ2) is 6.30. The number of aryl methyl sites for hydroxylation is 1. The first-order valence-electron chi connectivity index (χ1n) is 8.12. The summed E-state index contributed by atoms with van der Waals surface area (Å²) in [7, 11) is 0. The standard InChI is InChI=1S/C18H22N2O2S/c1-14-3-2-4-16(19-14)10-22-17-7-18(23-11-17)12-20(13-18)8-15-5-6-21-9-15/h2-6,9,17H,7-8,10-13H2,1H3/t17-/m0/s1. The molecular weight excluding hydrogens is 308 g/mol. The van der Waals surface area contributed by atoms with E-state index in [1.54, 1.807) is 6.26 Å². The Hall–Kier alpha value is -1.30. The summed E-state index contributed by atoms with van der Waals surface area (Å²) in [5.74, 6) is 1.10. The van der Waals surface area contributed by atoms with Crippen LogP contribution in [0, 0.1) is 6.92 Å². The molecule has 4 rings (SSSR count). The van der Waals surface area contributed by atoms with Crippen molar-refractivity contribution in [2.75, 3.05) is 18.8 Å².